The number of aliphatic carboxylic acids is 1. The van der Waals surface area contributed by atoms with Crippen LogP contribution in [0.5, 0.6) is 0 Å². The van der Waals surface area contributed by atoms with E-state index in [1.165, 1.54) is 0 Å². The van der Waals surface area contributed by atoms with E-state index in [0.717, 1.165) is 4.90 Å². The van der Waals surface area contributed by atoms with Crippen LogP contribution in [0.1, 0.15) is 20.8 Å². The summed E-state index contributed by atoms with van der Waals surface area (Å²) in [6, 6.07) is 0. The average Bonchev–Trinajstić information content (AvgIpc) is 2.16. The van der Waals surface area contributed by atoms with Gasteiger partial charge < -0.3 is 10.0 Å². The standard InChI is InChI=1S/C6H10FNO3.C2H6/c1-2-8(4-6(10)11)5(9)3-7;1-2/h2-4H2,1H3,(H,10,11);1-2H3. The van der Waals surface area contributed by atoms with Gasteiger partial charge in [0.05, 0.1) is 0 Å². The largest absolute Gasteiger partial charge is 0.480 e. The summed E-state index contributed by atoms with van der Waals surface area (Å²) in [5.74, 6) is -1.91. The van der Waals surface area contributed by atoms with Gasteiger partial charge in [-0.25, -0.2) is 4.39 Å². The highest BCUT2D eigenvalue weighted by Gasteiger charge is 2.13. The Morgan fingerprint density at radius 1 is 1.38 bits per heavy atom. The van der Waals surface area contributed by atoms with Crippen LogP contribution in [0, 0.1) is 0 Å². The molecule has 1 amide bonds. The van der Waals surface area contributed by atoms with Crippen molar-refractivity contribution in [1.29, 1.82) is 0 Å². The predicted octanol–water partition coefficient (Wildman–Crippen LogP) is 0.915. The highest BCUT2D eigenvalue weighted by Crippen LogP contribution is 1.89. The van der Waals surface area contributed by atoms with Crippen LogP contribution in [0.25, 0.3) is 0 Å². The maximum Gasteiger partial charge on any atom is 0.323 e. The number of alkyl halides is 1. The molecule has 0 aromatic rings. The fourth-order valence-corrected chi connectivity index (χ4v) is 0.624. The van der Waals surface area contributed by atoms with E-state index in [1.54, 1.807) is 6.92 Å². The normalized spacial score (nSPS) is 8.31. The number of likely N-dealkylation sites (N-methyl/N-ethyl adjacent to an activating group) is 1. The minimum absolute atomic E-state index is 0.217. The highest BCUT2D eigenvalue weighted by atomic mass is 19.1. The first-order chi connectivity index (χ1) is 6.11. The van der Waals surface area contributed by atoms with Crippen molar-refractivity contribution in [3.05, 3.63) is 0 Å². The third-order valence-corrected chi connectivity index (χ3v) is 1.17. The quantitative estimate of drug-likeness (QED) is 0.722. The number of amides is 1. The molecule has 0 unspecified atom stereocenters. The predicted molar refractivity (Wildman–Crippen MR) is 47.2 cm³/mol. The van der Waals surface area contributed by atoms with Gasteiger partial charge in [0.2, 0.25) is 0 Å². The van der Waals surface area contributed by atoms with Crippen molar-refractivity contribution in [3.63, 3.8) is 0 Å². The number of carbonyl (C=O) groups is 2. The van der Waals surface area contributed by atoms with Gasteiger partial charge in [-0.15, -0.1) is 0 Å². The van der Waals surface area contributed by atoms with Crippen LogP contribution in [0.3, 0.4) is 0 Å². The molecular weight excluding hydrogens is 177 g/mol. The number of hydrogen-bond donors (Lipinski definition) is 1. The first-order valence-corrected chi connectivity index (χ1v) is 4.17. The minimum atomic E-state index is -1.14. The lowest BCUT2D eigenvalue weighted by Crippen LogP contribution is -2.36. The Morgan fingerprint density at radius 2 is 1.85 bits per heavy atom. The van der Waals surface area contributed by atoms with Crippen LogP contribution < -0.4 is 0 Å². The average molecular weight is 193 g/mol. The van der Waals surface area contributed by atoms with Gasteiger partial charge in [0.25, 0.3) is 5.91 Å². The Hall–Kier alpha value is -1.13. The molecule has 0 aromatic heterocycles. The first-order valence-electron chi connectivity index (χ1n) is 4.17. The number of carbonyl (C=O) groups excluding carboxylic acids is 1. The van der Waals surface area contributed by atoms with Crippen LogP contribution >= 0.6 is 0 Å². The maximum absolute atomic E-state index is 11.7. The minimum Gasteiger partial charge on any atom is -0.480 e. The molecule has 0 fully saturated rings. The van der Waals surface area contributed by atoms with E-state index >= 15 is 0 Å². The van der Waals surface area contributed by atoms with Crippen molar-refractivity contribution in [2.75, 3.05) is 19.8 Å². The zero-order valence-corrected chi connectivity index (χ0v) is 8.21. The van der Waals surface area contributed by atoms with Crippen molar-refractivity contribution in [2.24, 2.45) is 0 Å². The van der Waals surface area contributed by atoms with E-state index in [-0.39, 0.29) is 6.54 Å². The molecular formula is C8H16FNO3. The molecule has 0 aliphatic heterocycles. The molecule has 0 radical (unpaired) electrons. The topological polar surface area (TPSA) is 57.6 Å². The van der Waals surface area contributed by atoms with E-state index < -0.39 is 25.1 Å². The first kappa shape index (κ1) is 14.4. The van der Waals surface area contributed by atoms with Gasteiger partial charge in [0.1, 0.15) is 6.54 Å². The molecule has 0 spiro atoms. The SMILES string of the molecule is CC.CCN(CC(=O)O)C(=O)CF. The molecule has 4 nitrogen and oxygen atoms in total. The summed E-state index contributed by atoms with van der Waals surface area (Å²) in [5, 5.41) is 8.24. The molecule has 0 aliphatic rings. The summed E-state index contributed by atoms with van der Waals surface area (Å²) in [4.78, 5) is 21.6. The third kappa shape index (κ3) is 7.24. The smallest absolute Gasteiger partial charge is 0.323 e. The van der Waals surface area contributed by atoms with Crippen LogP contribution in [0.2, 0.25) is 0 Å². The number of nitrogens with zero attached hydrogens (tertiary/aromatic N) is 1. The van der Waals surface area contributed by atoms with Crippen LogP contribution in [-0.2, 0) is 9.59 Å². The third-order valence-electron chi connectivity index (χ3n) is 1.17. The van der Waals surface area contributed by atoms with E-state index in [1.807, 2.05) is 13.8 Å². The second kappa shape index (κ2) is 8.96. The lowest BCUT2D eigenvalue weighted by Gasteiger charge is -2.15. The van der Waals surface area contributed by atoms with Crippen molar-refractivity contribution in [1.82, 2.24) is 4.90 Å². The Morgan fingerprint density at radius 3 is 2.08 bits per heavy atom. The summed E-state index contributed by atoms with van der Waals surface area (Å²) in [6.07, 6.45) is 0. The Kier molecular flexibility index (Phi) is 9.93. The van der Waals surface area contributed by atoms with Crippen LogP contribution in [0.15, 0.2) is 0 Å². The maximum atomic E-state index is 11.7. The molecule has 0 atom stereocenters. The van der Waals surface area contributed by atoms with Gasteiger partial charge >= 0.3 is 5.97 Å². The van der Waals surface area contributed by atoms with Crippen molar-refractivity contribution in [3.8, 4) is 0 Å². The molecule has 0 heterocycles. The second-order valence-electron chi connectivity index (χ2n) is 1.94. The van der Waals surface area contributed by atoms with Crippen LogP contribution in [0.4, 0.5) is 4.39 Å². The van der Waals surface area contributed by atoms with Gasteiger partial charge in [-0.05, 0) is 6.92 Å². The lowest BCUT2D eigenvalue weighted by atomic mass is 10.4. The summed E-state index contributed by atoms with van der Waals surface area (Å²) in [7, 11) is 0. The van der Waals surface area contributed by atoms with E-state index in [2.05, 4.69) is 0 Å². The van der Waals surface area contributed by atoms with Gasteiger partial charge in [0, 0.05) is 6.54 Å². The molecule has 0 bridgehead atoms. The molecule has 0 saturated heterocycles. The molecule has 78 valence electrons. The number of rotatable bonds is 4. The van der Waals surface area contributed by atoms with E-state index in [0.29, 0.717) is 0 Å². The molecule has 1 N–H and O–H groups in total. The molecule has 0 rings (SSSR count). The number of carboxylic acids is 1. The fraction of sp³-hybridized carbons (Fsp3) is 0.750. The second-order valence-corrected chi connectivity index (χ2v) is 1.94. The summed E-state index contributed by atoms with van der Waals surface area (Å²) < 4.78 is 11.7. The molecule has 0 saturated carbocycles. The summed E-state index contributed by atoms with van der Waals surface area (Å²) >= 11 is 0. The highest BCUT2D eigenvalue weighted by molar-refractivity contribution is 5.81. The van der Waals surface area contributed by atoms with Gasteiger partial charge in [-0.1, -0.05) is 13.8 Å². The zero-order chi connectivity index (χ0) is 10.9. The molecule has 13 heavy (non-hydrogen) atoms. The van der Waals surface area contributed by atoms with Crippen LogP contribution in [-0.4, -0.2) is 41.6 Å². The van der Waals surface area contributed by atoms with Gasteiger partial charge in [-0.2, -0.15) is 0 Å². The monoisotopic (exact) mass is 193 g/mol. The number of carboxylic acid groups (broad SMARTS) is 1. The van der Waals surface area contributed by atoms with Crippen molar-refractivity contribution >= 4 is 11.9 Å². The van der Waals surface area contributed by atoms with Gasteiger partial charge in [0.15, 0.2) is 6.67 Å². The summed E-state index contributed by atoms with van der Waals surface area (Å²) in [5.41, 5.74) is 0. The van der Waals surface area contributed by atoms with Gasteiger partial charge in [-0.3, -0.25) is 9.59 Å². The lowest BCUT2D eigenvalue weighted by molar-refractivity contribution is -0.144. The van der Waals surface area contributed by atoms with E-state index in [4.69, 9.17) is 5.11 Å². The van der Waals surface area contributed by atoms with Crippen molar-refractivity contribution < 1.29 is 19.1 Å². The number of hydrogen-bond acceptors (Lipinski definition) is 2. The molecule has 0 aliphatic carbocycles. The molecule has 5 heteroatoms. The Bertz CT molecular complexity index is 161. The van der Waals surface area contributed by atoms with Crippen molar-refractivity contribution in [2.45, 2.75) is 20.8 Å². The Balaban J connectivity index is 0. The van der Waals surface area contributed by atoms with E-state index in [9.17, 15) is 14.0 Å². The summed E-state index contributed by atoms with van der Waals surface area (Å²) in [6.45, 7) is 4.24. The Labute approximate surface area is 77.3 Å². The fourth-order valence-electron chi connectivity index (χ4n) is 0.624. The number of halogens is 1. The molecule has 0 aromatic carbocycles. The zero-order valence-electron chi connectivity index (χ0n) is 8.21.